The second-order valence-corrected chi connectivity index (χ2v) is 4.51. The third-order valence-corrected chi connectivity index (χ3v) is 2.61. The molecule has 0 bridgehead atoms. The lowest BCUT2D eigenvalue weighted by Gasteiger charge is -2.15. The van der Waals surface area contributed by atoms with Crippen LogP contribution in [-0.2, 0) is 28.5 Å². The Balaban J connectivity index is 3.44. The number of esters is 2. The summed E-state index contributed by atoms with van der Waals surface area (Å²) in [5, 5.41) is 0. The highest BCUT2D eigenvalue weighted by Gasteiger charge is 2.08. The monoisotopic (exact) mass is 326 g/mol. The Hall–Kier alpha value is -0.440. The van der Waals surface area contributed by atoms with E-state index in [2.05, 4.69) is 25.3 Å². The molecule has 0 N–H and O–H groups in total. The average molecular weight is 326 g/mol. The largest absolute Gasteiger partial charge is 0.435 e. The van der Waals surface area contributed by atoms with Crippen LogP contribution in [0.3, 0.4) is 0 Å². The van der Waals surface area contributed by atoms with Crippen LogP contribution in [0.15, 0.2) is 0 Å². The molecule has 0 saturated carbocycles. The van der Waals surface area contributed by atoms with E-state index >= 15 is 0 Å². The van der Waals surface area contributed by atoms with E-state index in [1.54, 1.807) is 13.8 Å². The molecular formula is C12H22O6S2. The Labute approximate surface area is 130 Å². The molecule has 0 rings (SSSR count). The summed E-state index contributed by atoms with van der Waals surface area (Å²) in [5.41, 5.74) is 0. The number of ether oxygens (including phenoxy) is 4. The molecule has 0 fully saturated rings. The number of carbonyl (C=O) groups is 2. The van der Waals surface area contributed by atoms with Crippen LogP contribution >= 0.6 is 25.3 Å². The maximum atomic E-state index is 10.9. The Morgan fingerprint density at radius 3 is 1.50 bits per heavy atom. The summed E-state index contributed by atoms with van der Waals surface area (Å²) in [6.45, 7) is 4.21. The molecule has 0 aromatic rings. The van der Waals surface area contributed by atoms with E-state index in [1.165, 1.54) is 0 Å². The van der Waals surface area contributed by atoms with Crippen LogP contribution in [0.25, 0.3) is 0 Å². The minimum atomic E-state index is -0.578. The van der Waals surface area contributed by atoms with Gasteiger partial charge < -0.3 is 18.9 Å². The molecule has 0 aromatic carbocycles. The van der Waals surface area contributed by atoms with Crippen LogP contribution in [-0.4, -0.2) is 49.2 Å². The van der Waals surface area contributed by atoms with E-state index in [0.717, 1.165) is 12.8 Å². The highest BCUT2D eigenvalue weighted by Crippen LogP contribution is 2.01. The van der Waals surface area contributed by atoms with Crippen LogP contribution in [0.4, 0.5) is 0 Å². The van der Waals surface area contributed by atoms with Crippen LogP contribution in [0.1, 0.15) is 26.7 Å². The highest BCUT2D eigenvalue weighted by molar-refractivity contribution is 7.81. The van der Waals surface area contributed by atoms with E-state index < -0.39 is 24.5 Å². The number of hydrogen-bond acceptors (Lipinski definition) is 8. The maximum Gasteiger partial charge on any atom is 0.317 e. The lowest BCUT2D eigenvalue weighted by atomic mass is 10.3. The molecule has 0 aliphatic heterocycles. The smallest absolute Gasteiger partial charge is 0.317 e. The Morgan fingerprint density at radius 1 is 0.850 bits per heavy atom. The van der Waals surface area contributed by atoms with Gasteiger partial charge in [0, 0.05) is 0 Å². The molecule has 0 aromatic heterocycles. The number of rotatable bonds is 11. The molecule has 0 aliphatic rings. The topological polar surface area (TPSA) is 71.1 Å². The lowest BCUT2D eigenvalue weighted by molar-refractivity contribution is -0.175. The van der Waals surface area contributed by atoms with Crippen LogP contribution in [0.2, 0.25) is 0 Å². The molecule has 2 unspecified atom stereocenters. The molecule has 0 saturated heterocycles. The molecule has 0 heterocycles. The van der Waals surface area contributed by atoms with Gasteiger partial charge in [-0.05, 0) is 26.7 Å². The summed E-state index contributed by atoms with van der Waals surface area (Å²) < 4.78 is 20.3. The van der Waals surface area contributed by atoms with Crippen molar-refractivity contribution in [2.24, 2.45) is 0 Å². The second-order valence-electron chi connectivity index (χ2n) is 3.88. The van der Waals surface area contributed by atoms with Crippen LogP contribution in [0.5, 0.6) is 0 Å². The minimum Gasteiger partial charge on any atom is -0.435 e. The fraction of sp³-hybridized carbons (Fsp3) is 0.833. The quantitative estimate of drug-likeness (QED) is 0.259. The Morgan fingerprint density at radius 2 is 1.20 bits per heavy atom. The van der Waals surface area contributed by atoms with E-state index in [9.17, 15) is 9.59 Å². The molecule has 118 valence electrons. The zero-order chi connectivity index (χ0) is 15.4. The summed E-state index contributed by atoms with van der Waals surface area (Å²) in [5.74, 6) is -0.762. The van der Waals surface area contributed by atoms with Crippen molar-refractivity contribution in [1.82, 2.24) is 0 Å². The van der Waals surface area contributed by atoms with Crippen LogP contribution in [0, 0.1) is 0 Å². The van der Waals surface area contributed by atoms with Crippen molar-refractivity contribution in [2.75, 3.05) is 24.7 Å². The first-order chi connectivity index (χ1) is 9.49. The number of hydrogen-bond donors (Lipinski definition) is 2. The predicted octanol–water partition coefficient (Wildman–Crippen LogP) is 1.44. The van der Waals surface area contributed by atoms with Crippen molar-refractivity contribution in [3.05, 3.63) is 0 Å². The van der Waals surface area contributed by atoms with E-state index in [-0.39, 0.29) is 11.5 Å². The highest BCUT2D eigenvalue weighted by atomic mass is 32.1. The Kier molecular flexibility index (Phi) is 12.0. The summed E-state index contributed by atoms with van der Waals surface area (Å²) in [4.78, 5) is 21.8. The number of unbranched alkanes of at least 4 members (excludes halogenated alkanes) is 1. The van der Waals surface area contributed by atoms with Gasteiger partial charge in [0.05, 0.1) is 24.7 Å². The minimum absolute atomic E-state index is 0.0322. The molecule has 0 spiro atoms. The molecule has 0 radical (unpaired) electrons. The van der Waals surface area contributed by atoms with E-state index in [4.69, 9.17) is 18.9 Å². The van der Waals surface area contributed by atoms with Crippen molar-refractivity contribution in [1.29, 1.82) is 0 Å². The van der Waals surface area contributed by atoms with Gasteiger partial charge in [-0.1, -0.05) is 0 Å². The summed E-state index contributed by atoms with van der Waals surface area (Å²) in [7, 11) is 0. The SMILES string of the molecule is CC(OCCCCOC(C)OC(=O)CS)OC(=O)CS. The first-order valence-corrected chi connectivity index (χ1v) is 7.60. The van der Waals surface area contributed by atoms with Crippen molar-refractivity contribution in [3.63, 3.8) is 0 Å². The zero-order valence-corrected chi connectivity index (χ0v) is 13.5. The van der Waals surface area contributed by atoms with Crippen molar-refractivity contribution in [3.8, 4) is 0 Å². The third kappa shape index (κ3) is 11.4. The normalized spacial score (nSPS) is 13.6. The molecule has 20 heavy (non-hydrogen) atoms. The third-order valence-electron chi connectivity index (χ3n) is 2.10. The van der Waals surface area contributed by atoms with Gasteiger partial charge in [0.15, 0.2) is 12.6 Å². The van der Waals surface area contributed by atoms with Gasteiger partial charge in [-0.25, -0.2) is 0 Å². The number of thiol groups is 2. The number of carbonyl (C=O) groups excluding carboxylic acids is 2. The first kappa shape index (κ1) is 19.6. The second kappa shape index (κ2) is 12.3. The molecule has 0 aliphatic carbocycles. The van der Waals surface area contributed by atoms with Crippen molar-refractivity contribution in [2.45, 2.75) is 39.3 Å². The van der Waals surface area contributed by atoms with Crippen molar-refractivity contribution >= 4 is 37.2 Å². The van der Waals surface area contributed by atoms with Gasteiger partial charge in [-0.15, -0.1) is 0 Å². The average Bonchev–Trinajstić information content (AvgIpc) is 2.42. The molecule has 0 amide bonds. The van der Waals surface area contributed by atoms with E-state index in [0.29, 0.717) is 13.2 Å². The van der Waals surface area contributed by atoms with E-state index in [1.807, 2.05) is 0 Å². The zero-order valence-electron chi connectivity index (χ0n) is 11.7. The molecule has 6 nitrogen and oxygen atoms in total. The van der Waals surface area contributed by atoms with Gasteiger partial charge in [0.2, 0.25) is 0 Å². The summed E-state index contributed by atoms with van der Waals surface area (Å²) >= 11 is 7.58. The van der Waals surface area contributed by atoms with Gasteiger partial charge >= 0.3 is 11.9 Å². The molecular weight excluding hydrogens is 304 g/mol. The van der Waals surface area contributed by atoms with Crippen molar-refractivity contribution < 1.29 is 28.5 Å². The summed E-state index contributed by atoms with van der Waals surface area (Å²) in [6.07, 6.45) is 0.336. The van der Waals surface area contributed by atoms with Gasteiger partial charge in [0.25, 0.3) is 0 Å². The van der Waals surface area contributed by atoms with Crippen LogP contribution < -0.4 is 0 Å². The first-order valence-electron chi connectivity index (χ1n) is 6.33. The van der Waals surface area contributed by atoms with Gasteiger partial charge in [-0.2, -0.15) is 25.3 Å². The lowest BCUT2D eigenvalue weighted by Crippen LogP contribution is -2.20. The fourth-order valence-electron chi connectivity index (χ4n) is 1.22. The van der Waals surface area contributed by atoms with Gasteiger partial charge in [0.1, 0.15) is 0 Å². The fourth-order valence-corrected chi connectivity index (χ4v) is 1.36. The predicted molar refractivity (Wildman–Crippen MR) is 80.0 cm³/mol. The Bertz CT molecular complexity index is 259. The molecule has 8 heteroatoms. The standard InChI is InChI=1S/C12H22O6S2/c1-9(17-11(13)7-19)15-5-3-4-6-16-10(2)18-12(14)8-20/h9-10,19-20H,3-8H2,1-2H3. The maximum absolute atomic E-state index is 10.9. The summed E-state index contributed by atoms with van der Waals surface area (Å²) in [6, 6.07) is 0. The van der Waals surface area contributed by atoms with Gasteiger partial charge in [-0.3, -0.25) is 9.59 Å². The molecule has 2 atom stereocenters.